The lowest BCUT2D eigenvalue weighted by atomic mass is 9.98. The summed E-state index contributed by atoms with van der Waals surface area (Å²) in [7, 11) is 0. The van der Waals surface area contributed by atoms with Gasteiger partial charge in [-0.2, -0.15) is 10.2 Å². The molecule has 0 amide bonds. The van der Waals surface area contributed by atoms with Gasteiger partial charge in [-0.05, 0) is 49.6 Å². The fourth-order valence-corrected chi connectivity index (χ4v) is 2.06. The lowest BCUT2D eigenvalue weighted by Crippen LogP contribution is -2.15. The summed E-state index contributed by atoms with van der Waals surface area (Å²) in [5, 5.41) is 8.17. The Bertz CT molecular complexity index is 566. The van der Waals surface area contributed by atoms with Crippen LogP contribution in [-0.4, -0.2) is 16.8 Å². The van der Waals surface area contributed by atoms with Gasteiger partial charge < -0.3 is 10.5 Å². The molecule has 1 unspecified atom stereocenters. The molecular formula is C16H21N3O. The monoisotopic (exact) mass is 271 g/mol. The van der Waals surface area contributed by atoms with Crippen LogP contribution in [0.4, 0.5) is 0 Å². The molecule has 1 aromatic carbocycles. The number of hydrogen-bond donors (Lipinski definition) is 1. The van der Waals surface area contributed by atoms with Crippen LogP contribution in [0.1, 0.15) is 41.9 Å². The predicted octanol–water partition coefficient (Wildman–Crippen LogP) is 2.93. The van der Waals surface area contributed by atoms with E-state index in [1.165, 1.54) is 0 Å². The third-order valence-electron chi connectivity index (χ3n) is 3.19. The normalized spacial score (nSPS) is 12.2. The first-order valence-electron chi connectivity index (χ1n) is 6.91. The summed E-state index contributed by atoms with van der Waals surface area (Å²) in [4.78, 5) is 0. The third-order valence-corrected chi connectivity index (χ3v) is 3.19. The minimum absolute atomic E-state index is 0.190. The molecule has 0 saturated heterocycles. The molecule has 4 heteroatoms. The number of benzene rings is 1. The van der Waals surface area contributed by atoms with Gasteiger partial charge in [0.25, 0.3) is 0 Å². The summed E-state index contributed by atoms with van der Waals surface area (Å²) < 4.78 is 5.58. The molecule has 0 bridgehead atoms. The summed E-state index contributed by atoms with van der Waals surface area (Å²) in [6.45, 7) is 6.68. The minimum Gasteiger partial charge on any atom is -0.494 e. The van der Waals surface area contributed by atoms with Gasteiger partial charge in [0.2, 0.25) is 0 Å². The Hall–Kier alpha value is -1.94. The predicted molar refractivity (Wildman–Crippen MR) is 79.8 cm³/mol. The fraction of sp³-hybridized carbons (Fsp3) is 0.375. The second-order valence-electron chi connectivity index (χ2n) is 4.92. The van der Waals surface area contributed by atoms with Gasteiger partial charge >= 0.3 is 0 Å². The van der Waals surface area contributed by atoms with Crippen LogP contribution in [0.5, 0.6) is 5.75 Å². The van der Waals surface area contributed by atoms with Crippen molar-refractivity contribution < 1.29 is 4.74 Å². The first kappa shape index (κ1) is 14.5. The highest BCUT2D eigenvalue weighted by atomic mass is 16.5. The van der Waals surface area contributed by atoms with Gasteiger partial charge in [-0.1, -0.05) is 19.1 Å². The SMILES string of the molecule is CCCOc1ccc(C(N)c2cc(C)nnc2C)cc1. The summed E-state index contributed by atoms with van der Waals surface area (Å²) >= 11 is 0. The Morgan fingerprint density at radius 1 is 1.15 bits per heavy atom. The van der Waals surface area contributed by atoms with E-state index >= 15 is 0 Å². The van der Waals surface area contributed by atoms with Crippen molar-refractivity contribution in [3.63, 3.8) is 0 Å². The van der Waals surface area contributed by atoms with Crippen LogP contribution in [0, 0.1) is 13.8 Å². The van der Waals surface area contributed by atoms with Crippen molar-refractivity contribution in [2.75, 3.05) is 6.61 Å². The molecule has 0 aliphatic carbocycles. The number of rotatable bonds is 5. The largest absolute Gasteiger partial charge is 0.494 e. The van der Waals surface area contributed by atoms with Crippen molar-refractivity contribution in [3.8, 4) is 5.75 Å². The van der Waals surface area contributed by atoms with E-state index in [9.17, 15) is 0 Å². The van der Waals surface area contributed by atoms with Crippen LogP contribution in [-0.2, 0) is 0 Å². The molecule has 4 nitrogen and oxygen atoms in total. The van der Waals surface area contributed by atoms with E-state index in [-0.39, 0.29) is 6.04 Å². The van der Waals surface area contributed by atoms with Crippen molar-refractivity contribution in [1.82, 2.24) is 10.2 Å². The second kappa shape index (κ2) is 6.48. The highest BCUT2D eigenvalue weighted by Gasteiger charge is 2.13. The maximum Gasteiger partial charge on any atom is 0.119 e. The molecule has 0 aliphatic rings. The highest BCUT2D eigenvalue weighted by molar-refractivity contribution is 5.36. The Labute approximate surface area is 120 Å². The molecular weight excluding hydrogens is 250 g/mol. The molecule has 0 spiro atoms. The van der Waals surface area contributed by atoms with Crippen LogP contribution in [0.15, 0.2) is 30.3 Å². The second-order valence-corrected chi connectivity index (χ2v) is 4.92. The van der Waals surface area contributed by atoms with E-state index in [2.05, 4.69) is 17.1 Å². The molecule has 0 aliphatic heterocycles. The molecule has 2 N–H and O–H groups in total. The van der Waals surface area contributed by atoms with E-state index in [0.717, 1.165) is 41.3 Å². The van der Waals surface area contributed by atoms with Crippen LogP contribution < -0.4 is 10.5 Å². The zero-order chi connectivity index (χ0) is 14.5. The Kier molecular flexibility index (Phi) is 4.69. The highest BCUT2D eigenvalue weighted by Crippen LogP contribution is 2.23. The molecule has 1 heterocycles. The zero-order valence-corrected chi connectivity index (χ0v) is 12.3. The van der Waals surface area contributed by atoms with Gasteiger partial charge in [-0.15, -0.1) is 0 Å². The molecule has 2 rings (SSSR count). The number of hydrogen-bond acceptors (Lipinski definition) is 4. The van der Waals surface area contributed by atoms with Gasteiger partial charge in [0.1, 0.15) is 5.75 Å². The fourth-order valence-electron chi connectivity index (χ4n) is 2.06. The molecule has 1 aromatic heterocycles. The average Bonchev–Trinajstić information content (AvgIpc) is 2.47. The lowest BCUT2D eigenvalue weighted by Gasteiger charge is -2.15. The van der Waals surface area contributed by atoms with Crippen molar-refractivity contribution in [3.05, 3.63) is 52.8 Å². The average molecular weight is 271 g/mol. The van der Waals surface area contributed by atoms with Crippen molar-refractivity contribution in [2.45, 2.75) is 33.2 Å². The number of aromatic nitrogens is 2. The standard InChI is InChI=1S/C16H21N3O/c1-4-9-20-14-7-5-13(6-8-14)16(17)15-10-11(2)18-19-12(15)3/h5-8,10,16H,4,9,17H2,1-3H3. The first-order valence-corrected chi connectivity index (χ1v) is 6.91. The Balaban J connectivity index is 2.20. The minimum atomic E-state index is -0.190. The van der Waals surface area contributed by atoms with Gasteiger partial charge in [0, 0.05) is 0 Å². The van der Waals surface area contributed by atoms with Crippen molar-refractivity contribution >= 4 is 0 Å². The van der Waals surface area contributed by atoms with Crippen molar-refractivity contribution in [1.29, 1.82) is 0 Å². The molecule has 1 atom stereocenters. The lowest BCUT2D eigenvalue weighted by molar-refractivity contribution is 0.317. The quantitative estimate of drug-likeness (QED) is 0.908. The molecule has 2 aromatic rings. The van der Waals surface area contributed by atoms with Crippen LogP contribution in [0.2, 0.25) is 0 Å². The molecule has 0 saturated carbocycles. The van der Waals surface area contributed by atoms with Gasteiger partial charge in [-0.25, -0.2) is 0 Å². The van der Waals surface area contributed by atoms with Gasteiger partial charge in [0.05, 0.1) is 24.0 Å². The summed E-state index contributed by atoms with van der Waals surface area (Å²) in [6.07, 6.45) is 1.00. The van der Waals surface area contributed by atoms with E-state index in [0.29, 0.717) is 0 Å². The van der Waals surface area contributed by atoms with Crippen molar-refractivity contribution in [2.24, 2.45) is 5.73 Å². The Morgan fingerprint density at radius 2 is 1.85 bits per heavy atom. The van der Waals surface area contributed by atoms with E-state index in [1.807, 2.05) is 44.2 Å². The molecule has 106 valence electrons. The maximum absolute atomic E-state index is 6.33. The van der Waals surface area contributed by atoms with Gasteiger partial charge in [0.15, 0.2) is 0 Å². The smallest absolute Gasteiger partial charge is 0.119 e. The van der Waals surface area contributed by atoms with E-state index in [4.69, 9.17) is 10.5 Å². The number of aryl methyl sites for hydroxylation is 2. The summed E-state index contributed by atoms with van der Waals surface area (Å²) in [5.41, 5.74) is 10.1. The molecule has 0 radical (unpaired) electrons. The molecule has 20 heavy (non-hydrogen) atoms. The maximum atomic E-state index is 6.33. The first-order chi connectivity index (χ1) is 9.61. The van der Waals surface area contributed by atoms with Crippen LogP contribution in [0.3, 0.4) is 0 Å². The van der Waals surface area contributed by atoms with Gasteiger partial charge in [-0.3, -0.25) is 0 Å². The number of nitrogens with two attached hydrogens (primary N) is 1. The molecule has 0 fully saturated rings. The number of nitrogens with zero attached hydrogens (tertiary/aromatic N) is 2. The van der Waals surface area contributed by atoms with Crippen LogP contribution in [0.25, 0.3) is 0 Å². The summed E-state index contributed by atoms with van der Waals surface area (Å²) in [6, 6.07) is 9.73. The van der Waals surface area contributed by atoms with E-state index < -0.39 is 0 Å². The van der Waals surface area contributed by atoms with Crippen LogP contribution >= 0.6 is 0 Å². The van der Waals surface area contributed by atoms with E-state index in [1.54, 1.807) is 0 Å². The summed E-state index contributed by atoms with van der Waals surface area (Å²) in [5.74, 6) is 0.878. The Morgan fingerprint density at radius 3 is 2.50 bits per heavy atom. The topological polar surface area (TPSA) is 61.0 Å². The zero-order valence-electron chi connectivity index (χ0n) is 12.3. The number of ether oxygens (including phenoxy) is 1. The third kappa shape index (κ3) is 3.33.